The minimum atomic E-state index is -0.156. The zero-order valence-corrected chi connectivity index (χ0v) is 9.17. The van der Waals surface area contributed by atoms with Gasteiger partial charge in [-0.1, -0.05) is 13.8 Å². The second kappa shape index (κ2) is 4.45. The lowest BCUT2D eigenvalue weighted by molar-refractivity contribution is 0.241. The van der Waals surface area contributed by atoms with Gasteiger partial charge in [0.15, 0.2) is 0 Å². The normalized spacial score (nSPS) is 11.1. The molecule has 1 nitrogen and oxygen atoms in total. The Kier molecular flexibility index (Phi) is 3.50. The lowest BCUT2D eigenvalue weighted by Crippen LogP contribution is -2.06. The molecule has 14 heavy (non-hydrogen) atoms. The summed E-state index contributed by atoms with van der Waals surface area (Å²) in [5.41, 5.74) is 0.711. The fraction of sp³-hybridized carbons (Fsp3) is 0.500. The third-order valence-electron chi connectivity index (χ3n) is 1.96. The summed E-state index contributed by atoms with van der Waals surface area (Å²) in [6, 6.07) is 4.91. The van der Waals surface area contributed by atoms with E-state index in [1.807, 2.05) is 27.7 Å². The van der Waals surface area contributed by atoms with E-state index in [0.717, 1.165) is 5.75 Å². The fourth-order valence-corrected chi connectivity index (χ4v) is 1.31. The maximum Gasteiger partial charge on any atom is 0.126 e. The van der Waals surface area contributed by atoms with Crippen LogP contribution in [0.5, 0.6) is 5.75 Å². The Labute approximate surface area is 84.9 Å². The predicted molar refractivity (Wildman–Crippen MR) is 56.3 cm³/mol. The summed E-state index contributed by atoms with van der Waals surface area (Å²) in [6.45, 7) is 7.85. The van der Waals surface area contributed by atoms with Crippen molar-refractivity contribution in [1.29, 1.82) is 0 Å². The number of hydrogen-bond acceptors (Lipinski definition) is 1. The van der Waals surface area contributed by atoms with Crippen molar-refractivity contribution in [2.24, 2.45) is 0 Å². The lowest BCUT2D eigenvalue weighted by Gasteiger charge is -2.13. The zero-order valence-electron chi connectivity index (χ0n) is 9.17. The summed E-state index contributed by atoms with van der Waals surface area (Å²) in [4.78, 5) is 0. The summed E-state index contributed by atoms with van der Waals surface area (Å²) < 4.78 is 18.8. The van der Waals surface area contributed by atoms with Crippen LogP contribution in [0.2, 0.25) is 0 Å². The molecule has 0 N–H and O–H groups in total. The summed E-state index contributed by atoms with van der Waals surface area (Å²) in [5, 5.41) is 0. The van der Waals surface area contributed by atoms with Crippen LogP contribution < -0.4 is 4.74 Å². The minimum Gasteiger partial charge on any atom is -0.491 e. The molecule has 0 heterocycles. The average Bonchev–Trinajstić information content (AvgIpc) is 2.07. The van der Waals surface area contributed by atoms with Crippen molar-refractivity contribution < 1.29 is 9.13 Å². The van der Waals surface area contributed by atoms with E-state index in [4.69, 9.17) is 4.74 Å². The Bertz CT molecular complexity index is 305. The number of benzene rings is 1. The van der Waals surface area contributed by atoms with Gasteiger partial charge < -0.3 is 4.74 Å². The molecule has 0 saturated heterocycles. The second-order valence-corrected chi connectivity index (χ2v) is 4.00. The molecule has 0 fully saturated rings. The van der Waals surface area contributed by atoms with Crippen molar-refractivity contribution in [2.75, 3.05) is 0 Å². The Morgan fingerprint density at radius 3 is 2.29 bits per heavy atom. The van der Waals surface area contributed by atoms with Crippen LogP contribution >= 0.6 is 0 Å². The van der Waals surface area contributed by atoms with Gasteiger partial charge in [0.1, 0.15) is 11.6 Å². The van der Waals surface area contributed by atoms with Crippen molar-refractivity contribution >= 4 is 0 Å². The minimum absolute atomic E-state index is 0.125. The SMILES string of the molecule is CC(C)Oc1ccc(F)c(C(C)C)c1. The van der Waals surface area contributed by atoms with Gasteiger partial charge in [0.05, 0.1) is 6.10 Å². The van der Waals surface area contributed by atoms with Gasteiger partial charge in [0, 0.05) is 0 Å². The third-order valence-corrected chi connectivity index (χ3v) is 1.96. The Balaban J connectivity index is 2.94. The highest BCUT2D eigenvalue weighted by molar-refractivity contribution is 5.31. The Morgan fingerprint density at radius 1 is 1.14 bits per heavy atom. The molecule has 2 heteroatoms. The summed E-state index contributed by atoms with van der Waals surface area (Å²) in [6.07, 6.45) is 0.125. The van der Waals surface area contributed by atoms with Gasteiger partial charge in [-0.3, -0.25) is 0 Å². The van der Waals surface area contributed by atoms with Crippen LogP contribution in [0.25, 0.3) is 0 Å². The molecule has 0 atom stereocenters. The molecule has 0 aliphatic carbocycles. The molecule has 1 rings (SSSR count). The van der Waals surface area contributed by atoms with Crippen molar-refractivity contribution in [3.8, 4) is 5.75 Å². The van der Waals surface area contributed by atoms with Gasteiger partial charge in [-0.05, 0) is 43.5 Å². The van der Waals surface area contributed by atoms with Crippen molar-refractivity contribution in [2.45, 2.75) is 39.7 Å². The largest absolute Gasteiger partial charge is 0.491 e. The molecule has 1 aromatic carbocycles. The highest BCUT2D eigenvalue weighted by Crippen LogP contribution is 2.24. The first-order chi connectivity index (χ1) is 6.50. The maximum atomic E-state index is 13.3. The quantitative estimate of drug-likeness (QED) is 0.715. The fourth-order valence-electron chi connectivity index (χ4n) is 1.31. The zero-order chi connectivity index (χ0) is 10.7. The van der Waals surface area contributed by atoms with E-state index in [-0.39, 0.29) is 17.8 Å². The smallest absolute Gasteiger partial charge is 0.126 e. The molecule has 0 unspecified atom stereocenters. The van der Waals surface area contributed by atoms with E-state index in [1.165, 1.54) is 6.07 Å². The van der Waals surface area contributed by atoms with Crippen LogP contribution in [0.1, 0.15) is 39.2 Å². The summed E-state index contributed by atoms with van der Waals surface area (Å²) in [5.74, 6) is 0.770. The van der Waals surface area contributed by atoms with Crippen LogP contribution in [-0.4, -0.2) is 6.10 Å². The Hall–Kier alpha value is -1.05. The second-order valence-electron chi connectivity index (χ2n) is 4.00. The number of ether oxygens (including phenoxy) is 1. The maximum absolute atomic E-state index is 13.3. The van der Waals surface area contributed by atoms with Crippen LogP contribution in [0.15, 0.2) is 18.2 Å². The Morgan fingerprint density at radius 2 is 1.79 bits per heavy atom. The van der Waals surface area contributed by atoms with Crippen molar-refractivity contribution in [3.05, 3.63) is 29.6 Å². The molecule has 0 radical (unpaired) electrons. The van der Waals surface area contributed by atoms with E-state index < -0.39 is 0 Å². The van der Waals surface area contributed by atoms with Crippen molar-refractivity contribution in [1.82, 2.24) is 0 Å². The van der Waals surface area contributed by atoms with E-state index in [1.54, 1.807) is 12.1 Å². The summed E-state index contributed by atoms with van der Waals surface area (Å²) >= 11 is 0. The molecular weight excluding hydrogens is 179 g/mol. The van der Waals surface area contributed by atoms with E-state index in [2.05, 4.69) is 0 Å². The highest BCUT2D eigenvalue weighted by Gasteiger charge is 2.08. The topological polar surface area (TPSA) is 9.23 Å². The van der Waals surface area contributed by atoms with E-state index in [0.29, 0.717) is 5.56 Å². The highest BCUT2D eigenvalue weighted by atomic mass is 19.1. The van der Waals surface area contributed by atoms with Gasteiger partial charge in [0.25, 0.3) is 0 Å². The average molecular weight is 196 g/mol. The standard InChI is InChI=1S/C12H17FO/c1-8(2)11-7-10(14-9(3)4)5-6-12(11)13/h5-9H,1-4H3. The molecule has 78 valence electrons. The molecule has 0 saturated carbocycles. The number of rotatable bonds is 3. The van der Waals surface area contributed by atoms with Crippen LogP contribution in [-0.2, 0) is 0 Å². The van der Waals surface area contributed by atoms with Gasteiger partial charge in [-0.25, -0.2) is 4.39 Å². The molecule has 0 bridgehead atoms. The molecule has 0 spiro atoms. The molecule has 0 amide bonds. The first-order valence-corrected chi connectivity index (χ1v) is 4.96. The van der Waals surface area contributed by atoms with E-state index >= 15 is 0 Å². The molecule has 0 aliphatic rings. The van der Waals surface area contributed by atoms with Crippen LogP contribution in [0.4, 0.5) is 4.39 Å². The molecule has 1 aromatic rings. The lowest BCUT2D eigenvalue weighted by atomic mass is 10.0. The van der Waals surface area contributed by atoms with Gasteiger partial charge in [0.2, 0.25) is 0 Å². The number of halogens is 1. The van der Waals surface area contributed by atoms with Gasteiger partial charge in [-0.2, -0.15) is 0 Å². The van der Waals surface area contributed by atoms with Gasteiger partial charge >= 0.3 is 0 Å². The predicted octanol–water partition coefficient (Wildman–Crippen LogP) is 3.74. The molecular formula is C12H17FO. The van der Waals surface area contributed by atoms with E-state index in [9.17, 15) is 4.39 Å². The van der Waals surface area contributed by atoms with Crippen molar-refractivity contribution in [3.63, 3.8) is 0 Å². The monoisotopic (exact) mass is 196 g/mol. The van der Waals surface area contributed by atoms with Gasteiger partial charge in [-0.15, -0.1) is 0 Å². The van der Waals surface area contributed by atoms with Crippen LogP contribution in [0.3, 0.4) is 0 Å². The summed E-state index contributed by atoms with van der Waals surface area (Å²) in [7, 11) is 0. The van der Waals surface area contributed by atoms with Crippen LogP contribution in [0, 0.1) is 5.82 Å². The third kappa shape index (κ3) is 2.72. The molecule has 0 aliphatic heterocycles. The first-order valence-electron chi connectivity index (χ1n) is 4.96. The number of hydrogen-bond donors (Lipinski definition) is 0. The first kappa shape index (κ1) is 11.0. The molecule has 0 aromatic heterocycles.